The van der Waals surface area contributed by atoms with Crippen LogP contribution in [0.3, 0.4) is 0 Å². The van der Waals surface area contributed by atoms with Gasteiger partial charge in [-0.1, -0.05) is 12.1 Å². The molecule has 0 heterocycles. The first-order valence-electron chi connectivity index (χ1n) is 5.01. The molecule has 96 valence electrons. The predicted molar refractivity (Wildman–Crippen MR) is 68.7 cm³/mol. The summed E-state index contributed by atoms with van der Waals surface area (Å²) in [6, 6.07) is 6.60. The molecule has 0 radical (unpaired) electrons. The summed E-state index contributed by atoms with van der Waals surface area (Å²) < 4.78 is 4.83. The molecule has 0 aliphatic rings. The van der Waals surface area contributed by atoms with Crippen molar-refractivity contribution in [1.82, 2.24) is 5.32 Å². The van der Waals surface area contributed by atoms with Gasteiger partial charge < -0.3 is 20.5 Å². The number of aromatic hydroxyl groups is 1. The summed E-state index contributed by atoms with van der Waals surface area (Å²) in [4.78, 5) is 11.4. The number of carbonyl (C=O) groups is 1. The molecule has 0 spiro atoms. The van der Waals surface area contributed by atoms with E-state index in [1.165, 1.54) is 6.07 Å². The molecular weight excluding hydrogens is 244 g/mol. The van der Waals surface area contributed by atoms with Crippen LogP contribution in [0.4, 0.5) is 5.69 Å². The van der Waals surface area contributed by atoms with Gasteiger partial charge in [-0.25, -0.2) is 0 Å². The van der Waals surface area contributed by atoms with Gasteiger partial charge in [-0.3, -0.25) is 4.79 Å². The number of anilines is 1. The fraction of sp³-hybridized carbons (Fsp3) is 0.364. The molecule has 0 fully saturated rings. The molecule has 3 N–H and O–H groups in total. The van der Waals surface area contributed by atoms with Crippen molar-refractivity contribution in [3.8, 4) is 5.75 Å². The Morgan fingerprint density at radius 3 is 2.76 bits per heavy atom. The second-order valence-electron chi connectivity index (χ2n) is 3.23. The molecule has 0 bridgehead atoms. The topological polar surface area (TPSA) is 70.6 Å². The summed E-state index contributed by atoms with van der Waals surface area (Å²) >= 11 is 0. The lowest BCUT2D eigenvalue weighted by molar-refractivity contribution is -0.115. The normalized spacial score (nSPS) is 9.47. The van der Waals surface area contributed by atoms with E-state index in [9.17, 15) is 9.90 Å². The molecule has 0 atom stereocenters. The van der Waals surface area contributed by atoms with E-state index in [0.29, 0.717) is 18.8 Å². The van der Waals surface area contributed by atoms with Gasteiger partial charge in [0.2, 0.25) is 5.91 Å². The van der Waals surface area contributed by atoms with Crippen molar-refractivity contribution >= 4 is 24.0 Å². The fourth-order valence-electron chi connectivity index (χ4n) is 1.15. The molecule has 0 saturated heterocycles. The number of rotatable bonds is 6. The first-order valence-corrected chi connectivity index (χ1v) is 5.01. The van der Waals surface area contributed by atoms with Gasteiger partial charge in [0.25, 0.3) is 0 Å². The van der Waals surface area contributed by atoms with Crippen LogP contribution in [0, 0.1) is 0 Å². The van der Waals surface area contributed by atoms with Gasteiger partial charge in [-0.15, -0.1) is 12.4 Å². The Balaban J connectivity index is 0.00000256. The summed E-state index contributed by atoms with van der Waals surface area (Å²) in [5.74, 6) is -0.134. The molecule has 17 heavy (non-hydrogen) atoms. The minimum atomic E-state index is -0.197. The number of methoxy groups -OCH3 is 1. The zero-order chi connectivity index (χ0) is 11.8. The van der Waals surface area contributed by atoms with E-state index in [4.69, 9.17) is 4.74 Å². The van der Waals surface area contributed by atoms with Crippen molar-refractivity contribution in [3.63, 3.8) is 0 Å². The van der Waals surface area contributed by atoms with E-state index in [1.54, 1.807) is 25.3 Å². The van der Waals surface area contributed by atoms with Gasteiger partial charge in [0, 0.05) is 13.7 Å². The van der Waals surface area contributed by atoms with E-state index in [0.717, 1.165) is 0 Å². The molecule has 0 aliphatic heterocycles. The van der Waals surface area contributed by atoms with Crippen molar-refractivity contribution in [2.24, 2.45) is 0 Å². The van der Waals surface area contributed by atoms with Gasteiger partial charge in [-0.05, 0) is 12.1 Å². The average Bonchev–Trinajstić information content (AvgIpc) is 2.28. The van der Waals surface area contributed by atoms with E-state index in [2.05, 4.69) is 10.6 Å². The number of para-hydroxylation sites is 2. The molecule has 1 rings (SSSR count). The van der Waals surface area contributed by atoms with Crippen molar-refractivity contribution in [1.29, 1.82) is 0 Å². The Hall–Kier alpha value is -1.30. The molecular formula is C11H17ClN2O3. The lowest BCUT2D eigenvalue weighted by atomic mass is 10.3. The maximum absolute atomic E-state index is 11.4. The summed E-state index contributed by atoms with van der Waals surface area (Å²) in [5.41, 5.74) is 0.418. The molecule has 1 aromatic rings. The highest BCUT2D eigenvalue weighted by Gasteiger charge is 2.04. The molecule has 6 heteroatoms. The second kappa shape index (κ2) is 8.81. The lowest BCUT2D eigenvalue weighted by Gasteiger charge is -2.07. The van der Waals surface area contributed by atoms with Crippen LogP contribution in [-0.2, 0) is 9.53 Å². The maximum atomic E-state index is 11.4. The monoisotopic (exact) mass is 260 g/mol. The van der Waals surface area contributed by atoms with E-state index < -0.39 is 0 Å². The number of phenolic OH excluding ortho intramolecular Hbond substituents is 1. The predicted octanol–water partition coefficient (Wildman–Crippen LogP) is 0.988. The standard InChI is InChI=1S/C11H16N2O3.ClH/c1-16-7-6-12-8-11(15)13-9-4-2-3-5-10(9)14;/h2-5,12,14H,6-8H2,1H3,(H,13,15);1H. The zero-order valence-electron chi connectivity index (χ0n) is 9.60. The van der Waals surface area contributed by atoms with Gasteiger partial charge in [-0.2, -0.15) is 0 Å². The second-order valence-corrected chi connectivity index (χ2v) is 3.23. The van der Waals surface area contributed by atoms with E-state index in [-0.39, 0.29) is 30.6 Å². The first kappa shape index (κ1) is 15.7. The number of nitrogens with one attached hydrogen (secondary N) is 2. The quantitative estimate of drug-likeness (QED) is 0.527. The lowest BCUT2D eigenvalue weighted by Crippen LogP contribution is -2.30. The third-order valence-corrected chi connectivity index (χ3v) is 1.95. The van der Waals surface area contributed by atoms with Crippen LogP contribution in [0.15, 0.2) is 24.3 Å². The number of hydrogen-bond donors (Lipinski definition) is 3. The Bertz CT molecular complexity index is 347. The Labute approximate surface area is 107 Å². The van der Waals surface area contributed by atoms with Gasteiger partial charge in [0.15, 0.2) is 0 Å². The third-order valence-electron chi connectivity index (χ3n) is 1.95. The van der Waals surface area contributed by atoms with Crippen LogP contribution in [0.1, 0.15) is 0 Å². The molecule has 5 nitrogen and oxygen atoms in total. The zero-order valence-corrected chi connectivity index (χ0v) is 10.4. The smallest absolute Gasteiger partial charge is 0.238 e. The molecule has 1 aromatic carbocycles. The minimum Gasteiger partial charge on any atom is -0.506 e. The summed E-state index contributed by atoms with van der Waals surface area (Å²) in [6.45, 7) is 1.37. The van der Waals surface area contributed by atoms with Crippen LogP contribution >= 0.6 is 12.4 Å². The first-order chi connectivity index (χ1) is 7.74. The van der Waals surface area contributed by atoms with Crippen LogP contribution in [-0.4, -0.2) is 37.8 Å². The number of amides is 1. The number of phenols is 1. The van der Waals surface area contributed by atoms with Gasteiger partial charge >= 0.3 is 0 Å². The number of carbonyl (C=O) groups excluding carboxylic acids is 1. The fourth-order valence-corrected chi connectivity index (χ4v) is 1.15. The summed E-state index contributed by atoms with van der Waals surface area (Å²) in [5, 5.41) is 14.9. The summed E-state index contributed by atoms with van der Waals surface area (Å²) in [6.07, 6.45) is 0. The van der Waals surface area contributed by atoms with Crippen LogP contribution in [0.25, 0.3) is 0 Å². The van der Waals surface area contributed by atoms with Crippen molar-refractivity contribution in [2.75, 3.05) is 32.1 Å². The van der Waals surface area contributed by atoms with Crippen LogP contribution in [0.5, 0.6) is 5.75 Å². The molecule has 0 aromatic heterocycles. The molecule has 0 aliphatic carbocycles. The minimum absolute atomic E-state index is 0. The molecule has 0 unspecified atom stereocenters. The van der Waals surface area contributed by atoms with Gasteiger partial charge in [0.1, 0.15) is 5.75 Å². The number of hydrogen-bond acceptors (Lipinski definition) is 4. The van der Waals surface area contributed by atoms with Crippen molar-refractivity contribution < 1.29 is 14.6 Å². The summed E-state index contributed by atoms with van der Waals surface area (Å²) in [7, 11) is 1.60. The maximum Gasteiger partial charge on any atom is 0.238 e. The van der Waals surface area contributed by atoms with Crippen LogP contribution in [0.2, 0.25) is 0 Å². The van der Waals surface area contributed by atoms with Gasteiger partial charge in [0.05, 0.1) is 18.8 Å². The largest absolute Gasteiger partial charge is 0.506 e. The highest BCUT2D eigenvalue weighted by molar-refractivity contribution is 5.93. The molecule has 1 amide bonds. The van der Waals surface area contributed by atoms with E-state index >= 15 is 0 Å². The number of ether oxygens (including phenoxy) is 1. The Kier molecular flexibility index (Phi) is 8.13. The number of halogens is 1. The highest BCUT2D eigenvalue weighted by Crippen LogP contribution is 2.20. The van der Waals surface area contributed by atoms with Crippen molar-refractivity contribution in [2.45, 2.75) is 0 Å². The Morgan fingerprint density at radius 1 is 1.41 bits per heavy atom. The highest BCUT2D eigenvalue weighted by atomic mass is 35.5. The van der Waals surface area contributed by atoms with Crippen LogP contribution < -0.4 is 10.6 Å². The number of benzene rings is 1. The SMILES string of the molecule is COCCNCC(=O)Nc1ccccc1O.Cl. The van der Waals surface area contributed by atoms with Crippen molar-refractivity contribution in [3.05, 3.63) is 24.3 Å². The third kappa shape index (κ3) is 6.11. The Morgan fingerprint density at radius 2 is 2.12 bits per heavy atom. The molecule has 0 saturated carbocycles. The average molecular weight is 261 g/mol. The van der Waals surface area contributed by atoms with E-state index in [1.807, 2.05) is 0 Å².